The van der Waals surface area contributed by atoms with Gasteiger partial charge in [0, 0.05) is 19.1 Å². The van der Waals surface area contributed by atoms with Crippen molar-refractivity contribution in [2.75, 3.05) is 13.2 Å². The molecule has 0 aromatic heterocycles. The normalized spacial score (nSPS) is 23.5. The zero-order chi connectivity index (χ0) is 13.1. The fourth-order valence-corrected chi connectivity index (χ4v) is 2.30. The molecule has 98 valence electrons. The maximum atomic E-state index is 11.9. The van der Waals surface area contributed by atoms with E-state index in [4.69, 9.17) is 5.11 Å². The van der Waals surface area contributed by atoms with Gasteiger partial charge in [-0.3, -0.25) is 4.79 Å². The highest BCUT2D eigenvalue weighted by molar-refractivity contribution is 5.83. The number of hydrogen-bond donors (Lipinski definition) is 2. The maximum Gasteiger partial charge on any atom is 0.223 e. The molecule has 1 aliphatic rings. The van der Waals surface area contributed by atoms with Gasteiger partial charge in [-0.15, -0.1) is 0 Å². The smallest absolute Gasteiger partial charge is 0.223 e. The molecule has 18 heavy (non-hydrogen) atoms. The molecule has 2 rings (SSSR count). The minimum absolute atomic E-state index is 0.117. The number of aliphatic hydroxyl groups excluding tert-OH is 1. The molecule has 0 saturated heterocycles. The van der Waals surface area contributed by atoms with Gasteiger partial charge in [0.05, 0.1) is 0 Å². The van der Waals surface area contributed by atoms with Crippen LogP contribution < -0.4 is 5.32 Å². The van der Waals surface area contributed by atoms with Crippen molar-refractivity contribution in [2.24, 2.45) is 11.8 Å². The summed E-state index contributed by atoms with van der Waals surface area (Å²) < 4.78 is 0. The lowest BCUT2D eigenvalue weighted by molar-refractivity contribution is -0.122. The standard InChI is InChI=1S/C15H21NO2/c1-10(9-17)8-16-15(18)14-7-13(14)12-6-4-3-5-11(12)2/h3-6,10,13-14,17H,7-9H2,1-2H3,(H,16,18). The van der Waals surface area contributed by atoms with Gasteiger partial charge in [-0.25, -0.2) is 0 Å². The van der Waals surface area contributed by atoms with Gasteiger partial charge in [0.25, 0.3) is 0 Å². The average molecular weight is 247 g/mol. The predicted octanol–water partition coefficient (Wildman–Crippen LogP) is 1.84. The Hall–Kier alpha value is -1.35. The zero-order valence-corrected chi connectivity index (χ0v) is 11.0. The van der Waals surface area contributed by atoms with Gasteiger partial charge in [0.1, 0.15) is 0 Å². The number of carbonyl (C=O) groups excluding carboxylic acids is 1. The maximum absolute atomic E-state index is 11.9. The van der Waals surface area contributed by atoms with E-state index in [9.17, 15) is 4.79 Å². The Balaban J connectivity index is 1.88. The number of benzene rings is 1. The highest BCUT2D eigenvalue weighted by atomic mass is 16.3. The van der Waals surface area contributed by atoms with Crippen molar-refractivity contribution in [1.82, 2.24) is 5.32 Å². The van der Waals surface area contributed by atoms with E-state index in [1.165, 1.54) is 11.1 Å². The minimum Gasteiger partial charge on any atom is -0.396 e. The molecule has 2 N–H and O–H groups in total. The van der Waals surface area contributed by atoms with Crippen LogP contribution in [0.3, 0.4) is 0 Å². The summed E-state index contributed by atoms with van der Waals surface area (Å²) in [4.78, 5) is 11.9. The molecule has 3 heteroatoms. The molecule has 3 nitrogen and oxygen atoms in total. The van der Waals surface area contributed by atoms with Gasteiger partial charge in [-0.2, -0.15) is 0 Å². The highest BCUT2D eigenvalue weighted by Gasteiger charge is 2.44. The van der Waals surface area contributed by atoms with Gasteiger partial charge >= 0.3 is 0 Å². The highest BCUT2D eigenvalue weighted by Crippen LogP contribution is 2.48. The summed E-state index contributed by atoms with van der Waals surface area (Å²) in [6.07, 6.45) is 0.949. The van der Waals surface area contributed by atoms with E-state index >= 15 is 0 Å². The van der Waals surface area contributed by atoms with Crippen LogP contribution >= 0.6 is 0 Å². The number of nitrogens with one attached hydrogen (secondary N) is 1. The number of carbonyl (C=O) groups is 1. The van der Waals surface area contributed by atoms with Crippen molar-refractivity contribution in [3.8, 4) is 0 Å². The molecule has 0 aliphatic heterocycles. The van der Waals surface area contributed by atoms with Crippen LogP contribution in [0.25, 0.3) is 0 Å². The Morgan fingerprint density at radius 3 is 2.89 bits per heavy atom. The zero-order valence-electron chi connectivity index (χ0n) is 11.0. The fourth-order valence-electron chi connectivity index (χ4n) is 2.30. The molecule has 3 atom stereocenters. The van der Waals surface area contributed by atoms with Crippen molar-refractivity contribution < 1.29 is 9.90 Å². The summed E-state index contributed by atoms with van der Waals surface area (Å²) >= 11 is 0. The first-order chi connectivity index (χ1) is 8.63. The molecule has 0 spiro atoms. The summed E-state index contributed by atoms with van der Waals surface area (Å²) in [7, 11) is 0. The topological polar surface area (TPSA) is 49.3 Å². The molecule has 3 unspecified atom stereocenters. The van der Waals surface area contributed by atoms with Crippen LogP contribution in [0.15, 0.2) is 24.3 Å². The van der Waals surface area contributed by atoms with Gasteiger partial charge in [0.2, 0.25) is 5.91 Å². The third-order valence-corrected chi connectivity index (χ3v) is 3.65. The van der Waals surface area contributed by atoms with Crippen LogP contribution in [-0.4, -0.2) is 24.2 Å². The van der Waals surface area contributed by atoms with Crippen molar-refractivity contribution in [2.45, 2.75) is 26.2 Å². The van der Waals surface area contributed by atoms with Gasteiger partial charge in [-0.05, 0) is 36.3 Å². The number of rotatable bonds is 5. The van der Waals surface area contributed by atoms with Crippen LogP contribution in [0.5, 0.6) is 0 Å². The number of aryl methyl sites for hydroxylation is 1. The van der Waals surface area contributed by atoms with Gasteiger partial charge in [0.15, 0.2) is 0 Å². The van der Waals surface area contributed by atoms with E-state index in [0.717, 1.165) is 6.42 Å². The van der Waals surface area contributed by atoms with Crippen LogP contribution in [0.4, 0.5) is 0 Å². The summed E-state index contributed by atoms with van der Waals surface area (Å²) in [6, 6.07) is 8.27. The van der Waals surface area contributed by atoms with E-state index in [1.807, 2.05) is 19.1 Å². The summed E-state index contributed by atoms with van der Waals surface area (Å²) in [5.74, 6) is 0.765. The summed E-state index contributed by atoms with van der Waals surface area (Å²) in [5.41, 5.74) is 2.56. The Morgan fingerprint density at radius 1 is 1.50 bits per heavy atom. The first-order valence-corrected chi connectivity index (χ1v) is 6.57. The van der Waals surface area contributed by atoms with Gasteiger partial charge < -0.3 is 10.4 Å². The van der Waals surface area contributed by atoms with Crippen molar-refractivity contribution >= 4 is 5.91 Å². The fraction of sp³-hybridized carbons (Fsp3) is 0.533. The monoisotopic (exact) mass is 247 g/mol. The van der Waals surface area contributed by atoms with Gasteiger partial charge in [-0.1, -0.05) is 31.2 Å². The first kappa shape index (κ1) is 13.1. The van der Waals surface area contributed by atoms with Crippen LogP contribution in [0.1, 0.15) is 30.4 Å². The Bertz CT molecular complexity index is 430. The molecule has 1 aromatic carbocycles. The lowest BCUT2D eigenvalue weighted by atomic mass is 10.0. The lowest BCUT2D eigenvalue weighted by Gasteiger charge is -2.10. The van der Waals surface area contributed by atoms with E-state index in [2.05, 4.69) is 24.4 Å². The Morgan fingerprint density at radius 2 is 2.22 bits per heavy atom. The summed E-state index contributed by atoms with van der Waals surface area (Å²) in [5, 5.41) is 11.8. The molecule has 0 heterocycles. The molecule has 1 fully saturated rings. The Labute approximate surface area is 108 Å². The molecule has 0 bridgehead atoms. The molecule has 1 amide bonds. The third kappa shape index (κ3) is 2.91. The number of hydrogen-bond acceptors (Lipinski definition) is 2. The van der Waals surface area contributed by atoms with Crippen molar-refractivity contribution in [1.29, 1.82) is 0 Å². The molecule has 1 aliphatic carbocycles. The van der Waals surface area contributed by atoms with E-state index in [-0.39, 0.29) is 24.3 Å². The molecular formula is C15H21NO2. The summed E-state index contributed by atoms with van der Waals surface area (Å²) in [6.45, 7) is 4.70. The van der Waals surface area contributed by atoms with Crippen LogP contribution in [0, 0.1) is 18.8 Å². The number of aliphatic hydroxyl groups is 1. The van der Waals surface area contributed by atoms with Crippen molar-refractivity contribution in [3.63, 3.8) is 0 Å². The number of amides is 1. The second kappa shape index (κ2) is 5.53. The first-order valence-electron chi connectivity index (χ1n) is 6.57. The molecule has 0 radical (unpaired) electrons. The molecule has 1 saturated carbocycles. The minimum atomic E-state index is 0.117. The Kier molecular flexibility index (Phi) is 4.02. The van der Waals surface area contributed by atoms with Crippen LogP contribution in [-0.2, 0) is 4.79 Å². The van der Waals surface area contributed by atoms with Crippen LogP contribution in [0.2, 0.25) is 0 Å². The quantitative estimate of drug-likeness (QED) is 0.834. The van der Waals surface area contributed by atoms with E-state index in [1.54, 1.807) is 0 Å². The predicted molar refractivity (Wildman–Crippen MR) is 71.3 cm³/mol. The average Bonchev–Trinajstić information content (AvgIpc) is 3.16. The molecule has 1 aromatic rings. The third-order valence-electron chi connectivity index (χ3n) is 3.65. The lowest BCUT2D eigenvalue weighted by Crippen LogP contribution is -2.31. The van der Waals surface area contributed by atoms with E-state index < -0.39 is 0 Å². The SMILES string of the molecule is Cc1ccccc1C1CC1C(=O)NCC(C)CO. The second-order valence-corrected chi connectivity index (χ2v) is 5.34. The largest absolute Gasteiger partial charge is 0.396 e. The van der Waals surface area contributed by atoms with E-state index in [0.29, 0.717) is 12.5 Å². The molecular weight excluding hydrogens is 226 g/mol. The van der Waals surface area contributed by atoms with Crippen molar-refractivity contribution in [3.05, 3.63) is 35.4 Å². The second-order valence-electron chi connectivity index (χ2n) is 5.34.